The highest BCUT2D eigenvalue weighted by molar-refractivity contribution is 5.82. The van der Waals surface area contributed by atoms with Crippen molar-refractivity contribution in [3.63, 3.8) is 0 Å². The molecule has 1 fully saturated rings. The predicted molar refractivity (Wildman–Crippen MR) is 99.2 cm³/mol. The Morgan fingerprint density at radius 2 is 1.85 bits per heavy atom. The molecule has 2 heterocycles. The number of nitrogens with zero attached hydrogens (tertiary/aromatic N) is 4. The SMILES string of the molecule is CN(O)c1cccc(-n2c(=O)n(C3CC3)c(=O)c3c(O)cc(=O)n(C)c32)c1. The van der Waals surface area contributed by atoms with Crippen molar-refractivity contribution in [2.75, 3.05) is 12.1 Å². The zero-order chi connectivity index (χ0) is 19.5. The van der Waals surface area contributed by atoms with Crippen LogP contribution in [0.3, 0.4) is 0 Å². The van der Waals surface area contributed by atoms with E-state index >= 15 is 0 Å². The van der Waals surface area contributed by atoms with E-state index in [2.05, 4.69) is 0 Å². The van der Waals surface area contributed by atoms with E-state index in [4.69, 9.17) is 0 Å². The molecule has 3 aromatic rings. The summed E-state index contributed by atoms with van der Waals surface area (Å²) in [5.74, 6) is -0.461. The number of anilines is 1. The van der Waals surface area contributed by atoms with Crippen LogP contribution < -0.4 is 21.9 Å². The molecule has 9 heteroatoms. The van der Waals surface area contributed by atoms with Crippen molar-refractivity contribution in [1.82, 2.24) is 13.7 Å². The summed E-state index contributed by atoms with van der Waals surface area (Å²) in [6.07, 6.45) is 1.40. The van der Waals surface area contributed by atoms with E-state index in [9.17, 15) is 24.7 Å². The summed E-state index contributed by atoms with van der Waals surface area (Å²) in [5.41, 5.74) is -0.970. The molecule has 1 aliphatic carbocycles. The molecule has 1 aliphatic rings. The lowest BCUT2D eigenvalue weighted by atomic mass is 10.2. The zero-order valence-corrected chi connectivity index (χ0v) is 14.8. The minimum Gasteiger partial charge on any atom is -0.507 e. The Balaban J connectivity index is 2.23. The second-order valence-electron chi connectivity index (χ2n) is 6.69. The number of aromatic nitrogens is 3. The van der Waals surface area contributed by atoms with Gasteiger partial charge in [0, 0.05) is 26.2 Å². The Morgan fingerprint density at radius 3 is 2.48 bits per heavy atom. The first-order chi connectivity index (χ1) is 12.8. The summed E-state index contributed by atoms with van der Waals surface area (Å²) >= 11 is 0. The molecule has 4 rings (SSSR count). The molecular formula is C18H18N4O5. The maximum absolute atomic E-state index is 13.2. The third-order valence-corrected chi connectivity index (χ3v) is 4.80. The Labute approximate surface area is 152 Å². The Morgan fingerprint density at radius 1 is 1.15 bits per heavy atom. The van der Waals surface area contributed by atoms with Crippen molar-refractivity contribution in [2.24, 2.45) is 7.05 Å². The molecule has 140 valence electrons. The van der Waals surface area contributed by atoms with Crippen LogP contribution >= 0.6 is 0 Å². The fourth-order valence-electron chi connectivity index (χ4n) is 3.27. The summed E-state index contributed by atoms with van der Waals surface area (Å²) in [4.78, 5) is 38.3. The lowest BCUT2D eigenvalue weighted by Gasteiger charge is -2.18. The molecule has 0 saturated heterocycles. The maximum atomic E-state index is 13.2. The molecule has 0 spiro atoms. The molecule has 0 unspecified atom stereocenters. The van der Waals surface area contributed by atoms with Crippen LogP contribution in [0.1, 0.15) is 18.9 Å². The van der Waals surface area contributed by atoms with Gasteiger partial charge in [0.2, 0.25) is 0 Å². The summed E-state index contributed by atoms with van der Waals surface area (Å²) in [6, 6.07) is 7.21. The number of benzene rings is 1. The molecule has 9 nitrogen and oxygen atoms in total. The molecule has 0 bridgehead atoms. The number of hydrogen-bond acceptors (Lipinski definition) is 6. The third-order valence-electron chi connectivity index (χ3n) is 4.80. The van der Waals surface area contributed by atoms with Crippen molar-refractivity contribution in [1.29, 1.82) is 0 Å². The molecule has 0 atom stereocenters. The number of pyridine rings is 1. The summed E-state index contributed by atoms with van der Waals surface area (Å²) in [5, 5.41) is 20.8. The second-order valence-corrected chi connectivity index (χ2v) is 6.69. The van der Waals surface area contributed by atoms with Gasteiger partial charge < -0.3 is 5.11 Å². The van der Waals surface area contributed by atoms with E-state index in [0.717, 1.165) is 20.3 Å². The molecule has 0 radical (unpaired) electrons. The normalized spacial score (nSPS) is 13.9. The molecular weight excluding hydrogens is 352 g/mol. The highest BCUT2D eigenvalue weighted by atomic mass is 16.5. The fraction of sp³-hybridized carbons (Fsp3) is 0.278. The van der Waals surface area contributed by atoms with Gasteiger partial charge in [-0.05, 0) is 31.0 Å². The van der Waals surface area contributed by atoms with Crippen molar-refractivity contribution >= 4 is 16.7 Å². The number of hydroxylamine groups is 1. The molecule has 1 saturated carbocycles. The average Bonchev–Trinajstić information content (AvgIpc) is 3.44. The Kier molecular flexibility index (Phi) is 3.70. The van der Waals surface area contributed by atoms with E-state index in [1.165, 1.54) is 18.7 Å². The minimum absolute atomic E-state index is 0.00430. The third kappa shape index (κ3) is 2.55. The van der Waals surface area contributed by atoms with E-state index in [-0.39, 0.29) is 17.1 Å². The lowest BCUT2D eigenvalue weighted by molar-refractivity contribution is 0.279. The van der Waals surface area contributed by atoms with Gasteiger partial charge in [-0.25, -0.2) is 9.36 Å². The van der Waals surface area contributed by atoms with Crippen LogP contribution in [0.2, 0.25) is 0 Å². The number of hydrogen-bond donors (Lipinski definition) is 2. The summed E-state index contributed by atoms with van der Waals surface area (Å²) in [6.45, 7) is 0. The van der Waals surface area contributed by atoms with Gasteiger partial charge in [0.15, 0.2) is 0 Å². The van der Waals surface area contributed by atoms with E-state index in [1.54, 1.807) is 24.3 Å². The number of aryl methyl sites for hydroxylation is 1. The molecule has 1 aromatic carbocycles. The van der Waals surface area contributed by atoms with E-state index in [0.29, 0.717) is 24.2 Å². The van der Waals surface area contributed by atoms with Crippen molar-refractivity contribution in [2.45, 2.75) is 18.9 Å². The topological polar surface area (TPSA) is 110 Å². The molecule has 27 heavy (non-hydrogen) atoms. The molecule has 2 aromatic heterocycles. The van der Waals surface area contributed by atoms with E-state index in [1.807, 2.05) is 0 Å². The Hall–Kier alpha value is -3.33. The van der Waals surface area contributed by atoms with Crippen LogP contribution in [-0.2, 0) is 7.05 Å². The molecule has 2 N–H and O–H groups in total. The highest BCUT2D eigenvalue weighted by Gasteiger charge is 2.30. The van der Waals surface area contributed by atoms with Gasteiger partial charge in [-0.15, -0.1) is 0 Å². The maximum Gasteiger partial charge on any atom is 0.337 e. The minimum atomic E-state index is -0.614. The van der Waals surface area contributed by atoms with Gasteiger partial charge >= 0.3 is 5.69 Å². The Bertz CT molecular complexity index is 1250. The van der Waals surface area contributed by atoms with Gasteiger partial charge in [-0.1, -0.05) is 6.07 Å². The summed E-state index contributed by atoms with van der Waals surface area (Å²) in [7, 11) is 2.87. The van der Waals surface area contributed by atoms with Gasteiger partial charge in [0.1, 0.15) is 16.8 Å². The average molecular weight is 370 g/mol. The highest BCUT2D eigenvalue weighted by Crippen LogP contribution is 2.33. The quantitative estimate of drug-likeness (QED) is 0.658. The van der Waals surface area contributed by atoms with Gasteiger partial charge in [-0.2, -0.15) is 0 Å². The smallest absolute Gasteiger partial charge is 0.337 e. The van der Waals surface area contributed by atoms with Crippen LogP contribution in [-0.4, -0.2) is 31.1 Å². The van der Waals surface area contributed by atoms with Crippen LogP contribution in [0.25, 0.3) is 16.7 Å². The first-order valence-corrected chi connectivity index (χ1v) is 8.44. The molecule has 0 aliphatic heterocycles. The number of aromatic hydroxyl groups is 1. The van der Waals surface area contributed by atoms with Crippen molar-refractivity contribution in [3.8, 4) is 11.4 Å². The number of rotatable bonds is 3. The second kappa shape index (κ2) is 5.85. The monoisotopic (exact) mass is 370 g/mol. The van der Waals surface area contributed by atoms with Gasteiger partial charge in [0.05, 0.1) is 11.4 Å². The lowest BCUT2D eigenvalue weighted by Crippen LogP contribution is -2.41. The fourth-order valence-corrected chi connectivity index (χ4v) is 3.27. The largest absolute Gasteiger partial charge is 0.507 e. The predicted octanol–water partition coefficient (Wildman–Crippen LogP) is 0.717. The molecule has 0 amide bonds. The van der Waals surface area contributed by atoms with Gasteiger partial charge in [0.25, 0.3) is 11.1 Å². The van der Waals surface area contributed by atoms with E-state index < -0.39 is 22.6 Å². The van der Waals surface area contributed by atoms with Crippen molar-refractivity contribution < 1.29 is 10.3 Å². The zero-order valence-electron chi connectivity index (χ0n) is 14.8. The standard InChI is InChI=1S/C18H18N4O5/c1-19-14(24)9-13(23)15-16(19)21(12-5-3-4-11(8-12)20(2)27)18(26)22(17(15)25)10-6-7-10/h3-5,8-10,23,27H,6-7H2,1-2H3. The first kappa shape index (κ1) is 17.1. The van der Waals surface area contributed by atoms with Crippen molar-refractivity contribution in [3.05, 3.63) is 61.5 Å². The number of fused-ring (bicyclic) bond motifs is 1. The van der Waals surface area contributed by atoms with Crippen LogP contribution in [0, 0.1) is 0 Å². The van der Waals surface area contributed by atoms with Crippen LogP contribution in [0.15, 0.2) is 44.7 Å². The van der Waals surface area contributed by atoms with Crippen LogP contribution in [0.5, 0.6) is 5.75 Å². The van der Waals surface area contributed by atoms with Crippen LogP contribution in [0.4, 0.5) is 5.69 Å². The first-order valence-electron chi connectivity index (χ1n) is 8.44. The van der Waals surface area contributed by atoms with Gasteiger partial charge in [-0.3, -0.25) is 29.0 Å². The summed E-state index contributed by atoms with van der Waals surface area (Å²) < 4.78 is 3.51.